The summed E-state index contributed by atoms with van der Waals surface area (Å²) in [6.45, 7) is 4.62. The molecule has 14 nitrogen and oxygen atoms in total. The van der Waals surface area contributed by atoms with Crippen LogP contribution in [0.15, 0.2) is 23.1 Å². The average Bonchev–Trinajstić information content (AvgIpc) is 3.54. The number of rotatable bonds is 11. The minimum atomic E-state index is -1.99. The number of halogens is 2. The first-order valence-corrected chi connectivity index (χ1v) is 13.6. The van der Waals surface area contributed by atoms with Crippen LogP contribution in [0.25, 0.3) is 0 Å². The van der Waals surface area contributed by atoms with Gasteiger partial charge in [-0.05, 0) is 45.9 Å². The van der Waals surface area contributed by atoms with Crippen LogP contribution < -0.4 is 5.73 Å². The van der Waals surface area contributed by atoms with Gasteiger partial charge in [0.1, 0.15) is 6.10 Å². The normalized spacial score (nSPS) is 25.7. The van der Waals surface area contributed by atoms with Gasteiger partial charge in [0.25, 0.3) is 0 Å². The van der Waals surface area contributed by atoms with E-state index < -0.39 is 97.7 Å². The highest BCUT2D eigenvalue weighted by Gasteiger charge is 2.77. The second-order valence-electron chi connectivity index (χ2n) is 9.77. The van der Waals surface area contributed by atoms with Crippen molar-refractivity contribution in [3.63, 3.8) is 0 Å². The van der Waals surface area contributed by atoms with Crippen molar-refractivity contribution >= 4 is 36.4 Å². The van der Waals surface area contributed by atoms with Crippen LogP contribution in [0, 0.1) is 29.4 Å². The number of nitrogens with two attached hydrogens (primary N) is 1. The molecule has 3 N–H and O–H groups in total. The van der Waals surface area contributed by atoms with E-state index in [1.54, 1.807) is 27.7 Å². The van der Waals surface area contributed by atoms with Crippen LogP contribution in [0.1, 0.15) is 27.7 Å². The molecule has 1 aromatic carbocycles. The number of ether oxygens (including phenoxy) is 8. The van der Waals surface area contributed by atoms with Gasteiger partial charge in [-0.1, -0.05) is 0 Å². The summed E-state index contributed by atoms with van der Waals surface area (Å²) >= 11 is 0.999. The van der Waals surface area contributed by atoms with Crippen molar-refractivity contribution in [1.29, 1.82) is 0 Å². The molecule has 0 heterocycles. The van der Waals surface area contributed by atoms with E-state index >= 15 is 0 Å². The highest BCUT2D eigenvalue weighted by atomic mass is 32.2. The van der Waals surface area contributed by atoms with Crippen molar-refractivity contribution in [1.82, 2.24) is 0 Å². The van der Waals surface area contributed by atoms with Gasteiger partial charge in [-0.3, -0.25) is 5.73 Å². The number of fused-ring (bicyclic) bond motifs is 1. The summed E-state index contributed by atoms with van der Waals surface area (Å²) in [6.07, 6.45) is -8.15. The molecule has 0 spiro atoms. The maximum Gasteiger partial charge on any atom is 0.512 e. The molecule has 0 bridgehead atoms. The summed E-state index contributed by atoms with van der Waals surface area (Å²) in [5.74, 6) is -4.93. The van der Waals surface area contributed by atoms with Crippen molar-refractivity contribution in [2.45, 2.75) is 62.7 Å². The van der Waals surface area contributed by atoms with Crippen molar-refractivity contribution in [2.75, 3.05) is 19.3 Å². The van der Waals surface area contributed by atoms with Gasteiger partial charge >= 0.3 is 24.6 Å². The van der Waals surface area contributed by atoms with E-state index in [4.69, 9.17) is 29.4 Å². The van der Waals surface area contributed by atoms with Crippen molar-refractivity contribution < 1.29 is 71.0 Å². The molecule has 17 heteroatoms. The Morgan fingerprint density at radius 2 is 1.45 bits per heavy atom. The standard InChI is InChI=1S/C25H31F2NO13S/c1-11(2)38-21(30)34-9-36-23(32)40-20-17-18(20)25(28,41-24(33)37-10-35-22(31)39-12(3)4)14(19(17)29)8-42-13-5-6-15(26)16(27)7-13/h5-7,11-12,14,17-20,29H,8-10,28H2,1-4H3/t14-,17+,18-,19+,20+,25-/m0/s1. The zero-order valence-electron chi connectivity index (χ0n) is 23.0. The van der Waals surface area contributed by atoms with E-state index in [1.165, 1.54) is 6.07 Å². The molecule has 2 aliphatic carbocycles. The summed E-state index contributed by atoms with van der Waals surface area (Å²) in [5.41, 5.74) is 4.47. The largest absolute Gasteiger partial charge is 0.512 e. The smallest absolute Gasteiger partial charge is 0.431 e. The zero-order valence-corrected chi connectivity index (χ0v) is 23.8. The Morgan fingerprint density at radius 3 is 2.00 bits per heavy atom. The summed E-state index contributed by atoms with van der Waals surface area (Å²) < 4.78 is 65.6. The van der Waals surface area contributed by atoms with Gasteiger partial charge in [-0.15, -0.1) is 11.8 Å². The van der Waals surface area contributed by atoms with Gasteiger partial charge in [0, 0.05) is 22.5 Å². The molecule has 0 aromatic heterocycles. The molecule has 0 amide bonds. The molecule has 42 heavy (non-hydrogen) atoms. The minimum Gasteiger partial charge on any atom is -0.431 e. The fraction of sp³-hybridized carbons (Fsp3) is 0.600. The molecule has 0 saturated heterocycles. The third-order valence-electron chi connectivity index (χ3n) is 6.10. The molecule has 2 saturated carbocycles. The van der Waals surface area contributed by atoms with Crippen molar-refractivity contribution in [3.05, 3.63) is 29.8 Å². The Morgan fingerprint density at radius 1 is 0.905 bits per heavy atom. The van der Waals surface area contributed by atoms with Crippen molar-refractivity contribution in [3.8, 4) is 0 Å². The van der Waals surface area contributed by atoms with E-state index in [0.29, 0.717) is 4.90 Å². The highest BCUT2D eigenvalue weighted by molar-refractivity contribution is 7.99. The number of thioether (sulfide) groups is 1. The summed E-state index contributed by atoms with van der Waals surface area (Å²) in [5, 5.41) is 11.0. The van der Waals surface area contributed by atoms with Crippen molar-refractivity contribution in [2.24, 2.45) is 23.5 Å². The van der Waals surface area contributed by atoms with Gasteiger partial charge in [0.2, 0.25) is 13.6 Å². The Balaban J connectivity index is 1.64. The first-order valence-electron chi connectivity index (χ1n) is 12.6. The highest BCUT2D eigenvalue weighted by Crippen LogP contribution is 2.62. The van der Waals surface area contributed by atoms with Crippen LogP contribution in [0.3, 0.4) is 0 Å². The van der Waals surface area contributed by atoms with Crippen LogP contribution >= 0.6 is 11.8 Å². The number of hydrogen-bond donors (Lipinski definition) is 2. The van der Waals surface area contributed by atoms with Crippen LogP contribution in [0.4, 0.5) is 28.0 Å². The van der Waals surface area contributed by atoms with Gasteiger partial charge in [-0.25, -0.2) is 28.0 Å². The lowest BCUT2D eigenvalue weighted by molar-refractivity contribution is -0.111. The first-order chi connectivity index (χ1) is 19.7. The molecule has 1 aromatic rings. The molecule has 0 aliphatic heterocycles. The monoisotopic (exact) mass is 623 g/mol. The van der Waals surface area contributed by atoms with E-state index in [1.807, 2.05) is 0 Å². The molecular weight excluding hydrogens is 592 g/mol. The van der Waals surface area contributed by atoms with E-state index in [2.05, 4.69) is 14.2 Å². The predicted molar refractivity (Wildman–Crippen MR) is 135 cm³/mol. The molecule has 0 unspecified atom stereocenters. The first kappa shape index (κ1) is 32.9. The lowest BCUT2D eigenvalue weighted by Gasteiger charge is -2.35. The summed E-state index contributed by atoms with van der Waals surface area (Å²) in [6, 6.07) is 3.19. The van der Waals surface area contributed by atoms with Crippen LogP contribution in [0.5, 0.6) is 0 Å². The molecule has 0 radical (unpaired) electrons. The molecule has 3 rings (SSSR count). The predicted octanol–water partition coefficient (Wildman–Crippen LogP) is 3.66. The number of aliphatic hydroxyl groups excluding tert-OH is 1. The lowest BCUT2D eigenvalue weighted by atomic mass is 9.94. The van der Waals surface area contributed by atoms with Crippen LogP contribution in [0.2, 0.25) is 0 Å². The third kappa shape index (κ3) is 8.48. The van der Waals surface area contributed by atoms with Gasteiger partial charge in [0.05, 0.1) is 24.2 Å². The topological polar surface area (TPSA) is 188 Å². The number of benzene rings is 1. The SMILES string of the molecule is CC(C)OC(=O)OCOC(=O)O[C@@H]1[C@H]2[C@H](O)[C@H](CSc3ccc(F)c(F)c3)[C@](N)(OC(=O)OCOC(=O)OC(C)C)[C@H]12. The third-order valence-corrected chi connectivity index (χ3v) is 7.21. The Hall–Kier alpha value is -3.57. The zero-order chi connectivity index (χ0) is 31.2. The van der Waals surface area contributed by atoms with Gasteiger partial charge < -0.3 is 43.0 Å². The maximum atomic E-state index is 13.7. The number of aliphatic hydroxyl groups is 1. The van der Waals surface area contributed by atoms with Crippen LogP contribution in [-0.4, -0.2) is 79.2 Å². The number of carbonyl (C=O) groups is 4. The van der Waals surface area contributed by atoms with E-state index in [0.717, 1.165) is 23.9 Å². The molecule has 6 atom stereocenters. The Labute approximate surface area is 242 Å². The van der Waals surface area contributed by atoms with E-state index in [9.17, 15) is 33.1 Å². The minimum absolute atomic E-state index is 0.0385. The van der Waals surface area contributed by atoms with Gasteiger partial charge in [-0.2, -0.15) is 0 Å². The fourth-order valence-corrected chi connectivity index (χ4v) is 5.53. The van der Waals surface area contributed by atoms with E-state index in [-0.39, 0.29) is 5.75 Å². The average molecular weight is 624 g/mol. The second-order valence-corrected chi connectivity index (χ2v) is 10.9. The quantitative estimate of drug-likeness (QED) is 0.157. The number of carbonyl (C=O) groups excluding carboxylic acids is 4. The lowest BCUT2D eigenvalue weighted by Crippen LogP contribution is -2.56. The molecular formula is C25H31F2NO13S. The summed E-state index contributed by atoms with van der Waals surface area (Å²) in [7, 11) is 0. The Bertz CT molecular complexity index is 1160. The summed E-state index contributed by atoms with van der Waals surface area (Å²) in [4.78, 5) is 47.8. The second kappa shape index (κ2) is 14.1. The molecule has 234 valence electrons. The fourth-order valence-electron chi connectivity index (χ4n) is 4.35. The molecule has 2 fully saturated rings. The van der Waals surface area contributed by atoms with Gasteiger partial charge in [0.15, 0.2) is 17.4 Å². The Kier molecular flexibility index (Phi) is 11.0. The molecule has 2 aliphatic rings. The van der Waals surface area contributed by atoms with Crippen LogP contribution in [-0.2, 0) is 37.9 Å². The maximum absolute atomic E-state index is 13.7. The number of hydrogen-bond acceptors (Lipinski definition) is 15.